The van der Waals surface area contributed by atoms with Crippen molar-refractivity contribution >= 4 is 46.1 Å². The number of nitrogens with one attached hydrogen (secondary N) is 2. The van der Waals surface area contributed by atoms with Crippen molar-refractivity contribution in [2.75, 3.05) is 19.0 Å². The van der Waals surface area contributed by atoms with Crippen molar-refractivity contribution in [2.24, 2.45) is 0 Å². The van der Waals surface area contributed by atoms with Crippen LogP contribution < -0.4 is 10.6 Å². The van der Waals surface area contributed by atoms with Crippen molar-refractivity contribution in [2.45, 2.75) is 6.10 Å². The van der Waals surface area contributed by atoms with Crippen LogP contribution in [0, 0.1) is 10.1 Å². The number of nitrogens with zero attached hydrogens (tertiary/aromatic N) is 1. The number of hydrogen-bond acceptors (Lipinski definition) is 6. The van der Waals surface area contributed by atoms with E-state index in [1.54, 1.807) is 12.1 Å². The number of amides is 2. The standard InChI is InChI=1S/C15H14ClN3O5S/c1-24-11(12-6-7-13(16)25-12)8-17-14(20)15(21)18-9-2-4-10(5-3-9)19(22)23/h2-7,11H,8H2,1H3,(H,17,20)(H,18,21). The molecule has 1 aromatic heterocycles. The Morgan fingerprint density at radius 3 is 2.44 bits per heavy atom. The van der Waals surface area contributed by atoms with Gasteiger partial charge in [-0.2, -0.15) is 0 Å². The van der Waals surface area contributed by atoms with Gasteiger partial charge >= 0.3 is 11.8 Å². The fourth-order valence-electron chi connectivity index (χ4n) is 1.92. The highest BCUT2D eigenvalue weighted by molar-refractivity contribution is 7.16. The highest BCUT2D eigenvalue weighted by Gasteiger charge is 2.18. The molecule has 2 aromatic rings. The van der Waals surface area contributed by atoms with Gasteiger partial charge in [-0.05, 0) is 24.3 Å². The quantitative estimate of drug-likeness (QED) is 0.452. The van der Waals surface area contributed by atoms with Gasteiger partial charge in [0.1, 0.15) is 6.10 Å². The number of thiophene rings is 1. The molecule has 132 valence electrons. The minimum Gasteiger partial charge on any atom is -0.374 e. The summed E-state index contributed by atoms with van der Waals surface area (Å²) in [4.78, 5) is 34.6. The molecule has 1 atom stereocenters. The predicted octanol–water partition coefficient (Wildman–Crippen LogP) is 2.75. The van der Waals surface area contributed by atoms with Crippen LogP contribution in [0.2, 0.25) is 4.34 Å². The average molecular weight is 384 g/mol. The van der Waals surface area contributed by atoms with Gasteiger partial charge in [0.15, 0.2) is 0 Å². The maximum absolute atomic E-state index is 11.9. The summed E-state index contributed by atoms with van der Waals surface area (Å²) in [5.74, 6) is -1.73. The zero-order valence-electron chi connectivity index (χ0n) is 13.0. The van der Waals surface area contributed by atoms with E-state index in [2.05, 4.69) is 10.6 Å². The van der Waals surface area contributed by atoms with Gasteiger partial charge in [0.25, 0.3) is 5.69 Å². The SMILES string of the molecule is COC(CNC(=O)C(=O)Nc1ccc([N+](=O)[O-])cc1)c1ccc(Cl)s1. The maximum atomic E-state index is 11.9. The molecular formula is C15H14ClN3O5S. The number of hydrogen-bond donors (Lipinski definition) is 2. The van der Waals surface area contributed by atoms with Crippen LogP contribution in [0.5, 0.6) is 0 Å². The van der Waals surface area contributed by atoms with E-state index in [1.807, 2.05) is 0 Å². The maximum Gasteiger partial charge on any atom is 0.313 e. The van der Waals surface area contributed by atoms with Crippen molar-refractivity contribution in [1.29, 1.82) is 0 Å². The minimum atomic E-state index is -0.882. The van der Waals surface area contributed by atoms with Gasteiger partial charge in [-0.15, -0.1) is 11.3 Å². The predicted molar refractivity (Wildman–Crippen MR) is 93.8 cm³/mol. The average Bonchev–Trinajstić information content (AvgIpc) is 3.02. The number of nitro benzene ring substituents is 1. The number of carbonyl (C=O) groups excluding carboxylic acids is 2. The van der Waals surface area contributed by atoms with Crippen molar-refractivity contribution < 1.29 is 19.2 Å². The lowest BCUT2D eigenvalue weighted by molar-refractivity contribution is -0.384. The van der Waals surface area contributed by atoms with E-state index in [1.165, 1.54) is 42.7 Å². The molecule has 0 spiro atoms. The number of nitro groups is 1. The molecule has 0 aliphatic rings. The molecule has 0 fully saturated rings. The third kappa shape index (κ3) is 5.24. The largest absolute Gasteiger partial charge is 0.374 e. The Morgan fingerprint density at radius 1 is 1.24 bits per heavy atom. The summed E-state index contributed by atoms with van der Waals surface area (Å²) >= 11 is 7.19. The fourth-order valence-corrected chi connectivity index (χ4v) is 3.06. The van der Waals surface area contributed by atoms with Crippen LogP contribution in [-0.4, -0.2) is 30.4 Å². The number of methoxy groups -OCH3 is 1. The van der Waals surface area contributed by atoms with Crippen LogP contribution >= 0.6 is 22.9 Å². The van der Waals surface area contributed by atoms with Gasteiger partial charge in [-0.3, -0.25) is 19.7 Å². The summed E-state index contributed by atoms with van der Waals surface area (Å²) in [7, 11) is 1.49. The van der Waals surface area contributed by atoms with Crippen LogP contribution in [-0.2, 0) is 14.3 Å². The first-order chi connectivity index (χ1) is 11.9. The molecule has 2 N–H and O–H groups in total. The zero-order chi connectivity index (χ0) is 18.4. The van der Waals surface area contributed by atoms with Gasteiger partial charge in [0.2, 0.25) is 0 Å². The number of non-ortho nitro benzene ring substituents is 1. The van der Waals surface area contributed by atoms with E-state index in [0.717, 1.165) is 4.88 Å². The monoisotopic (exact) mass is 383 g/mol. The van der Waals surface area contributed by atoms with Crippen molar-refractivity contribution in [3.05, 3.63) is 55.7 Å². The normalized spacial score (nSPS) is 11.6. The second kappa shape index (κ2) is 8.56. The van der Waals surface area contributed by atoms with Crippen LogP contribution in [0.15, 0.2) is 36.4 Å². The molecule has 0 aliphatic heterocycles. The van der Waals surface area contributed by atoms with Gasteiger partial charge < -0.3 is 15.4 Å². The Hall–Kier alpha value is -2.49. The van der Waals surface area contributed by atoms with Crippen LogP contribution in [0.25, 0.3) is 0 Å². The summed E-state index contributed by atoms with van der Waals surface area (Å²) in [6.07, 6.45) is -0.423. The summed E-state index contributed by atoms with van der Waals surface area (Å²) < 4.78 is 5.87. The number of carbonyl (C=O) groups is 2. The van der Waals surface area contributed by atoms with Crippen molar-refractivity contribution in [3.8, 4) is 0 Å². The minimum absolute atomic E-state index is 0.0971. The van der Waals surface area contributed by atoms with E-state index >= 15 is 0 Å². The molecule has 2 rings (SSSR count). The summed E-state index contributed by atoms with van der Waals surface area (Å²) in [5, 5.41) is 15.4. The first-order valence-electron chi connectivity index (χ1n) is 7.02. The molecular weight excluding hydrogens is 370 g/mol. The Kier molecular flexibility index (Phi) is 6.45. The van der Waals surface area contributed by atoms with Crippen LogP contribution in [0.3, 0.4) is 0 Å². The Bertz CT molecular complexity index is 778. The Morgan fingerprint density at radius 2 is 1.92 bits per heavy atom. The molecule has 1 aromatic carbocycles. The molecule has 0 radical (unpaired) electrons. The molecule has 0 saturated carbocycles. The number of anilines is 1. The first kappa shape index (κ1) is 18.8. The summed E-state index contributed by atoms with van der Waals surface area (Å²) in [6, 6.07) is 8.65. The smallest absolute Gasteiger partial charge is 0.313 e. The second-order valence-electron chi connectivity index (χ2n) is 4.83. The molecule has 2 amide bonds. The van der Waals surface area contributed by atoms with E-state index < -0.39 is 22.8 Å². The highest BCUT2D eigenvalue weighted by Crippen LogP contribution is 2.28. The van der Waals surface area contributed by atoms with Gasteiger partial charge in [-0.25, -0.2) is 0 Å². The zero-order valence-corrected chi connectivity index (χ0v) is 14.6. The lowest BCUT2D eigenvalue weighted by atomic mass is 10.2. The molecule has 8 nitrogen and oxygen atoms in total. The van der Waals surface area contributed by atoms with E-state index in [9.17, 15) is 19.7 Å². The van der Waals surface area contributed by atoms with Crippen LogP contribution in [0.4, 0.5) is 11.4 Å². The van der Waals surface area contributed by atoms with Gasteiger partial charge in [0, 0.05) is 36.4 Å². The van der Waals surface area contributed by atoms with E-state index in [0.29, 0.717) is 4.34 Å². The first-order valence-corrected chi connectivity index (χ1v) is 8.22. The topological polar surface area (TPSA) is 111 Å². The van der Waals surface area contributed by atoms with Gasteiger partial charge in [0.05, 0.1) is 9.26 Å². The summed E-state index contributed by atoms with van der Waals surface area (Å²) in [6.45, 7) is 0.0971. The van der Waals surface area contributed by atoms with E-state index in [4.69, 9.17) is 16.3 Å². The third-order valence-electron chi connectivity index (χ3n) is 3.19. The number of ether oxygens (including phenoxy) is 1. The number of rotatable bonds is 6. The fraction of sp³-hybridized carbons (Fsp3) is 0.200. The Balaban J connectivity index is 1.89. The molecule has 0 aliphatic carbocycles. The molecule has 25 heavy (non-hydrogen) atoms. The van der Waals surface area contributed by atoms with Gasteiger partial charge in [-0.1, -0.05) is 11.6 Å². The Labute approximate surface area is 151 Å². The molecule has 0 bridgehead atoms. The second-order valence-corrected chi connectivity index (χ2v) is 6.58. The van der Waals surface area contributed by atoms with E-state index in [-0.39, 0.29) is 17.9 Å². The lowest BCUT2D eigenvalue weighted by Gasteiger charge is -2.14. The highest BCUT2D eigenvalue weighted by atomic mass is 35.5. The lowest BCUT2D eigenvalue weighted by Crippen LogP contribution is -2.37. The third-order valence-corrected chi connectivity index (χ3v) is 4.51. The molecule has 0 saturated heterocycles. The molecule has 1 unspecified atom stereocenters. The van der Waals surface area contributed by atoms with Crippen molar-refractivity contribution in [1.82, 2.24) is 5.32 Å². The molecule has 10 heteroatoms. The molecule has 1 heterocycles. The number of benzene rings is 1. The number of halogens is 1. The van der Waals surface area contributed by atoms with Crippen LogP contribution in [0.1, 0.15) is 11.0 Å². The summed E-state index contributed by atoms with van der Waals surface area (Å²) in [5.41, 5.74) is 0.166. The van der Waals surface area contributed by atoms with Crippen molar-refractivity contribution in [3.63, 3.8) is 0 Å².